The molecule has 192 valence electrons. The number of ether oxygens (including phenoxy) is 3. The standard InChI is InChI=1S/C27H25FN2O6S/c1-2-34-27(33)19-13-20(25(31)29-14-16-5-8-18(28)9-6-16)30(26(32)23-4-3-11-37-23)24(19)17-7-10-21-22(12-17)36-15-35-21/h3-12,19-20,24H,2,13-15H2,1H3,(H,29,31). The van der Waals surface area contributed by atoms with E-state index in [9.17, 15) is 18.8 Å². The summed E-state index contributed by atoms with van der Waals surface area (Å²) < 4.78 is 29.6. The van der Waals surface area contributed by atoms with Crippen LogP contribution in [0.15, 0.2) is 60.0 Å². The monoisotopic (exact) mass is 524 g/mol. The summed E-state index contributed by atoms with van der Waals surface area (Å²) in [5.41, 5.74) is 1.35. The molecule has 2 aliphatic rings. The van der Waals surface area contributed by atoms with Gasteiger partial charge in [-0.1, -0.05) is 24.3 Å². The van der Waals surface area contributed by atoms with E-state index in [-0.39, 0.29) is 38.1 Å². The highest BCUT2D eigenvalue weighted by Crippen LogP contribution is 2.45. The first kappa shape index (κ1) is 24.8. The van der Waals surface area contributed by atoms with Crippen LogP contribution in [-0.4, -0.2) is 42.1 Å². The number of carbonyl (C=O) groups is 3. The summed E-state index contributed by atoms with van der Waals surface area (Å²) >= 11 is 1.26. The number of esters is 1. The molecule has 0 saturated carbocycles. The van der Waals surface area contributed by atoms with Gasteiger partial charge in [-0.2, -0.15) is 0 Å². The smallest absolute Gasteiger partial charge is 0.311 e. The maximum absolute atomic E-state index is 13.8. The van der Waals surface area contributed by atoms with E-state index in [0.29, 0.717) is 27.5 Å². The molecule has 3 heterocycles. The molecule has 1 N–H and O–H groups in total. The maximum Gasteiger partial charge on any atom is 0.311 e. The second-order valence-electron chi connectivity index (χ2n) is 8.70. The number of benzene rings is 2. The molecule has 37 heavy (non-hydrogen) atoms. The largest absolute Gasteiger partial charge is 0.466 e. The lowest BCUT2D eigenvalue weighted by Crippen LogP contribution is -2.46. The number of hydrogen-bond donors (Lipinski definition) is 1. The molecular formula is C27H25FN2O6S. The zero-order valence-corrected chi connectivity index (χ0v) is 20.8. The highest BCUT2D eigenvalue weighted by atomic mass is 32.1. The van der Waals surface area contributed by atoms with Gasteiger partial charge in [-0.25, -0.2) is 4.39 Å². The van der Waals surface area contributed by atoms with Gasteiger partial charge in [-0.3, -0.25) is 14.4 Å². The number of rotatable bonds is 7. The average molecular weight is 525 g/mol. The van der Waals surface area contributed by atoms with Crippen molar-refractivity contribution in [2.45, 2.75) is 32.0 Å². The Morgan fingerprint density at radius 3 is 2.62 bits per heavy atom. The van der Waals surface area contributed by atoms with Crippen LogP contribution in [0, 0.1) is 11.7 Å². The van der Waals surface area contributed by atoms with Crippen molar-refractivity contribution in [3.63, 3.8) is 0 Å². The van der Waals surface area contributed by atoms with E-state index in [4.69, 9.17) is 14.2 Å². The van der Waals surface area contributed by atoms with Crippen LogP contribution >= 0.6 is 11.3 Å². The first-order valence-corrected chi connectivity index (χ1v) is 12.8. The number of nitrogens with zero attached hydrogens (tertiary/aromatic N) is 1. The van der Waals surface area contributed by atoms with E-state index in [1.165, 1.54) is 28.4 Å². The van der Waals surface area contributed by atoms with Crippen LogP contribution in [0.5, 0.6) is 11.5 Å². The van der Waals surface area contributed by atoms with E-state index in [0.717, 1.165) is 0 Å². The Balaban J connectivity index is 1.50. The highest BCUT2D eigenvalue weighted by molar-refractivity contribution is 7.12. The molecule has 0 radical (unpaired) electrons. The summed E-state index contributed by atoms with van der Waals surface area (Å²) in [6.07, 6.45) is 0.0876. The third-order valence-electron chi connectivity index (χ3n) is 6.47. The lowest BCUT2D eigenvalue weighted by atomic mass is 9.92. The van der Waals surface area contributed by atoms with Crippen molar-refractivity contribution in [3.8, 4) is 11.5 Å². The molecule has 3 atom stereocenters. The van der Waals surface area contributed by atoms with Gasteiger partial charge < -0.3 is 24.4 Å². The number of carbonyl (C=O) groups excluding carboxylic acids is 3. The predicted molar refractivity (Wildman–Crippen MR) is 133 cm³/mol. The van der Waals surface area contributed by atoms with E-state index in [2.05, 4.69) is 5.32 Å². The zero-order chi connectivity index (χ0) is 25.9. The van der Waals surface area contributed by atoms with Crippen molar-refractivity contribution in [1.82, 2.24) is 10.2 Å². The molecule has 0 aliphatic carbocycles. The van der Waals surface area contributed by atoms with Crippen LogP contribution in [-0.2, 0) is 20.9 Å². The van der Waals surface area contributed by atoms with Gasteiger partial charge in [0.15, 0.2) is 11.5 Å². The normalized spacial score (nSPS) is 20.1. The number of nitrogens with one attached hydrogen (secondary N) is 1. The van der Waals surface area contributed by atoms with Crippen LogP contribution in [0.2, 0.25) is 0 Å². The minimum Gasteiger partial charge on any atom is -0.466 e. The molecule has 2 amide bonds. The quantitative estimate of drug-likeness (QED) is 0.469. The van der Waals surface area contributed by atoms with Crippen molar-refractivity contribution < 1.29 is 33.0 Å². The van der Waals surface area contributed by atoms with Gasteiger partial charge in [0.25, 0.3) is 5.91 Å². The molecule has 3 aromatic rings. The Hall–Kier alpha value is -3.92. The molecule has 2 aromatic carbocycles. The van der Waals surface area contributed by atoms with Crippen LogP contribution < -0.4 is 14.8 Å². The molecule has 3 unspecified atom stereocenters. The summed E-state index contributed by atoms with van der Waals surface area (Å²) in [6, 6.07) is 12.8. The van der Waals surface area contributed by atoms with Gasteiger partial charge in [-0.05, 0) is 60.2 Å². The number of thiophene rings is 1. The summed E-state index contributed by atoms with van der Waals surface area (Å²) in [4.78, 5) is 42.3. The molecule has 1 fully saturated rings. The molecule has 0 bridgehead atoms. The van der Waals surface area contributed by atoms with E-state index < -0.39 is 29.9 Å². The number of amides is 2. The molecular weight excluding hydrogens is 499 g/mol. The number of fused-ring (bicyclic) bond motifs is 1. The lowest BCUT2D eigenvalue weighted by Gasteiger charge is -2.31. The van der Waals surface area contributed by atoms with Crippen LogP contribution in [0.3, 0.4) is 0 Å². The molecule has 8 nitrogen and oxygen atoms in total. The highest BCUT2D eigenvalue weighted by Gasteiger charge is 2.51. The second kappa shape index (κ2) is 10.6. The van der Waals surface area contributed by atoms with Gasteiger partial charge in [0.1, 0.15) is 11.9 Å². The van der Waals surface area contributed by atoms with Gasteiger partial charge in [0, 0.05) is 6.54 Å². The van der Waals surface area contributed by atoms with Crippen molar-refractivity contribution in [2.75, 3.05) is 13.4 Å². The van der Waals surface area contributed by atoms with Gasteiger partial charge >= 0.3 is 5.97 Å². The molecule has 1 saturated heterocycles. The van der Waals surface area contributed by atoms with Crippen LogP contribution in [0.1, 0.15) is 40.2 Å². The fourth-order valence-corrected chi connectivity index (χ4v) is 5.44. The number of hydrogen-bond acceptors (Lipinski definition) is 7. The minimum atomic E-state index is -0.931. The molecule has 2 aliphatic heterocycles. The second-order valence-corrected chi connectivity index (χ2v) is 9.65. The topological polar surface area (TPSA) is 94.2 Å². The maximum atomic E-state index is 13.8. The van der Waals surface area contributed by atoms with Gasteiger partial charge in [0.05, 0.1) is 23.4 Å². The summed E-state index contributed by atoms with van der Waals surface area (Å²) in [5, 5.41) is 4.63. The Morgan fingerprint density at radius 1 is 1.11 bits per heavy atom. The Kier molecular flexibility index (Phi) is 7.09. The van der Waals surface area contributed by atoms with E-state index in [1.54, 1.807) is 54.8 Å². The summed E-state index contributed by atoms with van der Waals surface area (Å²) in [7, 11) is 0. The van der Waals surface area contributed by atoms with Gasteiger partial charge in [-0.15, -0.1) is 11.3 Å². The van der Waals surface area contributed by atoms with E-state index in [1.807, 2.05) is 0 Å². The van der Waals surface area contributed by atoms with Crippen LogP contribution in [0.4, 0.5) is 4.39 Å². The Labute approximate surface area is 216 Å². The summed E-state index contributed by atoms with van der Waals surface area (Å²) in [5.74, 6) is -1.32. The molecule has 5 rings (SSSR count). The van der Waals surface area contributed by atoms with Crippen molar-refractivity contribution in [3.05, 3.63) is 81.8 Å². The number of likely N-dealkylation sites (tertiary alicyclic amines) is 1. The average Bonchev–Trinajstić information content (AvgIpc) is 3.67. The fourth-order valence-electron chi connectivity index (χ4n) is 4.77. The number of halogens is 1. The fraction of sp³-hybridized carbons (Fsp3) is 0.296. The lowest BCUT2D eigenvalue weighted by molar-refractivity contribution is -0.148. The van der Waals surface area contributed by atoms with Crippen molar-refractivity contribution in [1.29, 1.82) is 0 Å². The first-order valence-electron chi connectivity index (χ1n) is 11.9. The molecule has 0 spiro atoms. The Bertz CT molecular complexity index is 1300. The Morgan fingerprint density at radius 2 is 1.89 bits per heavy atom. The van der Waals surface area contributed by atoms with Crippen LogP contribution in [0.25, 0.3) is 0 Å². The first-order chi connectivity index (χ1) is 18.0. The summed E-state index contributed by atoms with van der Waals surface area (Å²) in [6.45, 7) is 2.11. The third-order valence-corrected chi connectivity index (χ3v) is 7.33. The van der Waals surface area contributed by atoms with Crippen molar-refractivity contribution in [2.24, 2.45) is 5.92 Å². The predicted octanol–water partition coefficient (Wildman–Crippen LogP) is 4.07. The molecule has 10 heteroatoms. The van der Waals surface area contributed by atoms with E-state index >= 15 is 0 Å². The zero-order valence-electron chi connectivity index (χ0n) is 20.0. The third kappa shape index (κ3) is 5.01. The van der Waals surface area contributed by atoms with Crippen molar-refractivity contribution >= 4 is 29.1 Å². The SMILES string of the molecule is CCOC(=O)C1CC(C(=O)NCc2ccc(F)cc2)N(C(=O)c2cccs2)C1c1ccc2c(c1)OCO2. The minimum absolute atomic E-state index is 0.0804. The molecule has 1 aromatic heterocycles. The van der Waals surface area contributed by atoms with Gasteiger partial charge in [0.2, 0.25) is 12.7 Å².